The van der Waals surface area contributed by atoms with Crippen LogP contribution in [0.2, 0.25) is 0 Å². The second-order valence-corrected chi connectivity index (χ2v) is 8.11. The second kappa shape index (κ2) is 7.68. The van der Waals surface area contributed by atoms with Gasteiger partial charge in [0, 0.05) is 29.3 Å². The number of hydrogen-bond acceptors (Lipinski definition) is 5. The molecular weight excluding hydrogens is 445 g/mol. The van der Waals surface area contributed by atoms with Gasteiger partial charge >= 0.3 is 6.18 Å². The van der Waals surface area contributed by atoms with Crippen LogP contribution >= 0.6 is 0 Å². The molecule has 1 atom stereocenters. The molecule has 4 aromatic rings. The highest BCUT2D eigenvalue weighted by Gasteiger charge is 2.38. The number of allylic oxidation sites excluding steroid dienone is 1. The maximum Gasteiger partial charge on any atom is 0.421 e. The molecule has 4 heterocycles. The van der Waals surface area contributed by atoms with Crippen molar-refractivity contribution in [2.24, 2.45) is 0 Å². The molecule has 0 fully saturated rings. The predicted molar refractivity (Wildman–Crippen MR) is 123 cm³/mol. The summed E-state index contributed by atoms with van der Waals surface area (Å²) >= 11 is 0. The van der Waals surface area contributed by atoms with Crippen LogP contribution in [0.25, 0.3) is 38.6 Å². The quantitative estimate of drug-likeness (QED) is 0.442. The van der Waals surface area contributed by atoms with Crippen LogP contribution in [0.1, 0.15) is 12.6 Å². The van der Waals surface area contributed by atoms with Crippen molar-refractivity contribution in [3.63, 3.8) is 0 Å². The number of benzene rings is 1. The maximum absolute atomic E-state index is 12.9. The van der Waals surface area contributed by atoms with Gasteiger partial charge in [0.2, 0.25) is 0 Å². The molecular formula is C24H19F3N6O. The first-order chi connectivity index (χ1) is 16.1. The zero-order valence-corrected chi connectivity index (χ0v) is 18.0. The molecule has 1 aliphatic heterocycles. The Hall–Kier alpha value is -4.21. The summed E-state index contributed by atoms with van der Waals surface area (Å²) in [5.74, 6) is -0.997. The van der Waals surface area contributed by atoms with E-state index < -0.39 is 23.7 Å². The molecule has 5 rings (SSSR count). The molecule has 0 bridgehead atoms. The minimum absolute atomic E-state index is 0.164. The lowest BCUT2D eigenvalue weighted by Gasteiger charge is -2.25. The first-order valence-corrected chi connectivity index (χ1v) is 10.4. The van der Waals surface area contributed by atoms with Gasteiger partial charge < -0.3 is 15.6 Å². The van der Waals surface area contributed by atoms with E-state index in [1.54, 1.807) is 12.3 Å². The number of anilines is 1. The van der Waals surface area contributed by atoms with Crippen molar-refractivity contribution in [3.8, 4) is 11.1 Å². The van der Waals surface area contributed by atoms with E-state index >= 15 is 0 Å². The van der Waals surface area contributed by atoms with E-state index in [4.69, 9.17) is 5.73 Å². The summed E-state index contributed by atoms with van der Waals surface area (Å²) in [6.45, 7) is 4.86. The summed E-state index contributed by atoms with van der Waals surface area (Å²) in [5.41, 5.74) is 9.29. The standard InChI is InChI=1S/C24H19F3N6O/c1-12-7-16(32-23(34)13(2)24(25,26)27)10-33-20(12)18(19-21(28)30-11-31-22(19)33)15-8-14-5-3-4-6-17(14)29-9-15/h3-9,11,16H,2,10H2,1H3,(H,32,34)(H2,28,30,31)/t16-/m0/s1. The van der Waals surface area contributed by atoms with Crippen molar-refractivity contribution in [2.45, 2.75) is 25.7 Å². The number of alkyl halides is 3. The zero-order valence-electron chi connectivity index (χ0n) is 18.0. The average molecular weight is 464 g/mol. The van der Waals surface area contributed by atoms with Crippen LogP contribution in [-0.2, 0) is 11.3 Å². The van der Waals surface area contributed by atoms with E-state index in [1.165, 1.54) is 6.33 Å². The summed E-state index contributed by atoms with van der Waals surface area (Å²) in [7, 11) is 0. The van der Waals surface area contributed by atoms with Gasteiger partial charge in [0.25, 0.3) is 5.91 Å². The summed E-state index contributed by atoms with van der Waals surface area (Å²) < 4.78 is 40.6. The van der Waals surface area contributed by atoms with E-state index in [1.807, 2.05) is 41.8 Å². The van der Waals surface area contributed by atoms with E-state index in [0.717, 1.165) is 33.3 Å². The molecule has 1 amide bonds. The molecule has 3 N–H and O–H groups in total. The number of amides is 1. The number of rotatable bonds is 3. The Kier molecular flexibility index (Phi) is 4.89. The molecule has 3 aromatic heterocycles. The first-order valence-electron chi connectivity index (χ1n) is 10.4. The molecule has 10 heteroatoms. The number of nitrogens with one attached hydrogen (secondary N) is 1. The topological polar surface area (TPSA) is 98.7 Å². The van der Waals surface area contributed by atoms with Gasteiger partial charge in [0.15, 0.2) is 0 Å². The largest absolute Gasteiger partial charge is 0.421 e. The molecule has 7 nitrogen and oxygen atoms in total. The van der Waals surface area contributed by atoms with Gasteiger partial charge in [-0.25, -0.2) is 9.97 Å². The van der Waals surface area contributed by atoms with Gasteiger partial charge in [-0.05, 0) is 24.6 Å². The van der Waals surface area contributed by atoms with Crippen molar-refractivity contribution < 1.29 is 18.0 Å². The van der Waals surface area contributed by atoms with E-state index in [9.17, 15) is 18.0 Å². The number of carbonyl (C=O) groups is 1. The van der Waals surface area contributed by atoms with Crippen LogP contribution in [0.3, 0.4) is 0 Å². The Balaban J connectivity index is 1.64. The third-order valence-corrected chi connectivity index (χ3v) is 5.88. The minimum Gasteiger partial charge on any atom is -0.383 e. The number of nitrogens with zero attached hydrogens (tertiary/aromatic N) is 4. The SMILES string of the molecule is C=C(C(=O)N[C@H]1C=C(C)c2c(-c3cnc4ccccc4c3)c3c(N)ncnc3n2C1)C(F)(F)F. The Morgan fingerprint density at radius 3 is 2.76 bits per heavy atom. The van der Waals surface area contributed by atoms with Gasteiger partial charge in [0.1, 0.15) is 23.4 Å². The fraction of sp³-hybridized carbons (Fsp3) is 0.167. The third kappa shape index (κ3) is 3.47. The molecule has 0 radical (unpaired) electrons. The molecule has 1 aliphatic rings. The Bertz CT molecular complexity index is 1520. The fourth-order valence-electron chi connectivity index (χ4n) is 4.37. The molecule has 34 heavy (non-hydrogen) atoms. The second-order valence-electron chi connectivity index (χ2n) is 8.11. The Morgan fingerprint density at radius 2 is 2.00 bits per heavy atom. The lowest BCUT2D eigenvalue weighted by Crippen LogP contribution is -2.41. The highest BCUT2D eigenvalue weighted by molar-refractivity contribution is 6.07. The smallest absolute Gasteiger partial charge is 0.383 e. The monoisotopic (exact) mass is 464 g/mol. The first kappa shape index (κ1) is 21.6. The number of aromatic nitrogens is 4. The number of fused-ring (bicyclic) bond motifs is 4. The number of carbonyl (C=O) groups excluding carboxylic acids is 1. The summed E-state index contributed by atoms with van der Waals surface area (Å²) in [6, 6.07) is 9.00. The lowest BCUT2D eigenvalue weighted by molar-refractivity contribution is -0.130. The predicted octanol–water partition coefficient (Wildman–Crippen LogP) is 4.25. The van der Waals surface area contributed by atoms with Crippen molar-refractivity contribution in [1.82, 2.24) is 24.8 Å². The van der Waals surface area contributed by atoms with Gasteiger partial charge in [-0.2, -0.15) is 13.2 Å². The minimum atomic E-state index is -4.80. The van der Waals surface area contributed by atoms with Crippen LogP contribution in [-0.4, -0.2) is 37.6 Å². The van der Waals surface area contributed by atoms with Crippen LogP contribution in [0, 0.1) is 0 Å². The van der Waals surface area contributed by atoms with Crippen molar-refractivity contribution in [1.29, 1.82) is 0 Å². The van der Waals surface area contributed by atoms with Gasteiger partial charge in [-0.15, -0.1) is 0 Å². The molecule has 0 aliphatic carbocycles. The molecule has 0 saturated heterocycles. The summed E-state index contributed by atoms with van der Waals surface area (Å²) in [6.07, 6.45) is -0.00291. The molecule has 172 valence electrons. The number of halogens is 3. The summed E-state index contributed by atoms with van der Waals surface area (Å²) in [4.78, 5) is 25.2. The molecule has 0 unspecified atom stereocenters. The Morgan fingerprint density at radius 1 is 1.24 bits per heavy atom. The maximum atomic E-state index is 12.9. The molecule has 1 aromatic carbocycles. The van der Waals surface area contributed by atoms with Crippen molar-refractivity contribution >= 4 is 39.2 Å². The van der Waals surface area contributed by atoms with Crippen LogP contribution in [0.5, 0.6) is 0 Å². The van der Waals surface area contributed by atoms with Crippen LogP contribution in [0.15, 0.2) is 61.1 Å². The van der Waals surface area contributed by atoms with E-state index in [0.29, 0.717) is 11.0 Å². The number of pyridine rings is 1. The van der Waals surface area contributed by atoms with Crippen LogP contribution < -0.4 is 11.1 Å². The average Bonchev–Trinajstić information content (AvgIpc) is 3.14. The molecule has 0 saturated carbocycles. The van der Waals surface area contributed by atoms with Gasteiger partial charge in [0.05, 0.1) is 22.6 Å². The number of nitrogen functional groups attached to an aromatic ring is 1. The van der Waals surface area contributed by atoms with E-state index in [-0.39, 0.29) is 12.4 Å². The zero-order chi connectivity index (χ0) is 24.2. The normalized spacial score (nSPS) is 15.8. The Labute approximate surface area is 191 Å². The van der Waals surface area contributed by atoms with Gasteiger partial charge in [-0.3, -0.25) is 9.78 Å². The fourth-order valence-corrected chi connectivity index (χ4v) is 4.37. The third-order valence-electron chi connectivity index (χ3n) is 5.88. The lowest BCUT2D eigenvalue weighted by atomic mass is 9.97. The van der Waals surface area contributed by atoms with Crippen LogP contribution in [0.4, 0.5) is 19.0 Å². The highest BCUT2D eigenvalue weighted by atomic mass is 19.4. The highest BCUT2D eigenvalue weighted by Crippen LogP contribution is 2.42. The van der Waals surface area contributed by atoms with Crippen molar-refractivity contribution in [3.05, 3.63) is 66.8 Å². The number of hydrogen-bond donors (Lipinski definition) is 2. The molecule has 0 spiro atoms. The number of para-hydroxylation sites is 1. The van der Waals surface area contributed by atoms with E-state index in [2.05, 4.69) is 26.8 Å². The van der Waals surface area contributed by atoms with Crippen molar-refractivity contribution in [2.75, 3.05) is 5.73 Å². The van der Waals surface area contributed by atoms with Gasteiger partial charge in [-0.1, -0.05) is 30.9 Å². The number of nitrogens with two attached hydrogens (primary N) is 1. The summed E-state index contributed by atoms with van der Waals surface area (Å²) in [5, 5.41) is 3.97.